The third-order valence-electron chi connectivity index (χ3n) is 5.13. The highest BCUT2D eigenvalue weighted by atomic mass is 16.5. The minimum absolute atomic E-state index is 0.774. The van der Waals surface area contributed by atoms with Gasteiger partial charge in [0.05, 0.1) is 12.3 Å². The number of benzene rings is 1. The second kappa shape index (κ2) is 14.1. The molecule has 154 valence electrons. The van der Waals surface area contributed by atoms with E-state index in [9.17, 15) is 0 Å². The first-order valence-electron chi connectivity index (χ1n) is 11.4. The molecule has 2 aromatic rings. The van der Waals surface area contributed by atoms with Crippen molar-refractivity contribution >= 4 is 0 Å². The number of hydrogen-bond acceptors (Lipinski definition) is 3. The molecule has 28 heavy (non-hydrogen) atoms. The van der Waals surface area contributed by atoms with Crippen molar-refractivity contribution in [3.8, 4) is 17.0 Å². The molecule has 0 bridgehead atoms. The first-order valence-corrected chi connectivity index (χ1v) is 11.4. The van der Waals surface area contributed by atoms with E-state index in [4.69, 9.17) is 9.72 Å². The topological polar surface area (TPSA) is 35.0 Å². The van der Waals surface area contributed by atoms with E-state index < -0.39 is 0 Å². The summed E-state index contributed by atoms with van der Waals surface area (Å²) in [5, 5.41) is 0. The van der Waals surface area contributed by atoms with Gasteiger partial charge in [-0.2, -0.15) is 0 Å². The van der Waals surface area contributed by atoms with Gasteiger partial charge in [-0.05, 0) is 31.0 Å². The lowest BCUT2D eigenvalue weighted by molar-refractivity contribution is 0.305. The zero-order valence-corrected chi connectivity index (χ0v) is 18.0. The Hall–Kier alpha value is -1.90. The van der Waals surface area contributed by atoms with Crippen molar-refractivity contribution in [2.75, 3.05) is 6.61 Å². The Kier molecular flexibility index (Phi) is 11.3. The van der Waals surface area contributed by atoms with Crippen LogP contribution in [0.3, 0.4) is 0 Å². The highest BCUT2D eigenvalue weighted by molar-refractivity contribution is 5.66. The molecule has 0 saturated heterocycles. The first kappa shape index (κ1) is 22.4. The van der Waals surface area contributed by atoms with Crippen LogP contribution in [-0.2, 0) is 6.42 Å². The van der Waals surface area contributed by atoms with E-state index in [0.717, 1.165) is 42.3 Å². The predicted octanol–water partition coefficient (Wildman–Crippen LogP) is 7.40. The molecule has 1 aromatic heterocycles. The van der Waals surface area contributed by atoms with Crippen molar-refractivity contribution in [2.45, 2.75) is 90.9 Å². The number of unbranched alkanes of at least 4 members (excludes halogenated alkanes) is 9. The second-order valence-electron chi connectivity index (χ2n) is 7.63. The molecule has 2 rings (SSSR count). The lowest BCUT2D eigenvalue weighted by atomic mass is 10.1. The molecule has 0 amide bonds. The van der Waals surface area contributed by atoms with E-state index >= 15 is 0 Å². The van der Waals surface area contributed by atoms with Crippen LogP contribution in [0.15, 0.2) is 36.5 Å². The average Bonchev–Trinajstić information content (AvgIpc) is 2.73. The molecule has 0 atom stereocenters. The summed E-state index contributed by atoms with van der Waals surface area (Å²) in [6.45, 7) is 5.28. The van der Waals surface area contributed by atoms with Crippen molar-refractivity contribution in [1.29, 1.82) is 0 Å². The second-order valence-corrected chi connectivity index (χ2v) is 7.63. The maximum atomic E-state index is 6.09. The van der Waals surface area contributed by atoms with Gasteiger partial charge in [-0.25, -0.2) is 9.97 Å². The predicted molar refractivity (Wildman–Crippen MR) is 119 cm³/mol. The number of aromatic nitrogens is 2. The van der Waals surface area contributed by atoms with Gasteiger partial charge in [0.25, 0.3) is 0 Å². The van der Waals surface area contributed by atoms with E-state index in [1.807, 2.05) is 18.3 Å². The van der Waals surface area contributed by atoms with E-state index in [-0.39, 0.29) is 0 Å². The molecule has 0 spiro atoms. The summed E-state index contributed by atoms with van der Waals surface area (Å²) in [6, 6.07) is 10.2. The summed E-state index contributed by atoms with van der Waals surface area (Å²) >= 11 is 0. The summed E-state index contributed by atoms with van der Waals surface area (Å²) in [5.41, 5.74) is 2.04. The monoisotopic (exact) mass is 382 g/mol. The molecule has 3 heteroatoms. The molecule has 0 aliphatic rings. The molecule has 1 aromatic carbocycles. The maximum Gasteiger partial charge on any atom is 0.128 e. The van der Waals surface area contributed by atoms with Crippen LogP contribution in [0.4, 0.5) is 0 Å². The largest absolute Gasteiger partial charge is 0.493 e. The van der Waals surface area contributed by atoms with Gasteiger partial charge >= 0.3 is 0 Å². The SMILES string of the molecule is CCCCCCCCc1nccc(-c2ccccc2OCCCCCCC)n1. The number of aryl methyl sites for hydroxylation is 1. The van der Waals surface area contributed by atoms with Gasteiger partial charge in [0.15, 0.2) is 0 Å². The Morgan fingerprint density at radius 3 is 2.21 bits per heavy atom. The fourth-order valence-corrected chi connectivity index (χ4v) is 3.42. The van der Waals surface area contributed by atoms with E-state index in [1.165, 1.54) is 64.2 Å². The summed E-state index contributed by atoms with van der Waals surface area (Å²) in [4.78, 5) is 9.30. The lowest BCUT2D eigenvalue weighted by Crippen LogP contribution is -2.01. The normalized spacial score (nSPS) is 10.9. The number of para-hydroxylation sites is 1. The minimum Gasteiger partial charge on any atom is -0.493 e. The number of ether oxygens (including phenoxy) is 1. The van der Waals surface area contributed by atoms with Crippen molar-refractivity contribution in [3.63, 3.8) is 0 Å². The molecular weight excluding hydrogens is 344 g/mol. The van der Waals surface area contributed by atoms with Gasteiger partial charge < -0.3 is 4.74 Å². The lowest BCUT2D eigenvalue weighted by Gasteiger charge is -2.12. The highest BCUT2D eigenvalue weighted by Crippen LogP contribution is 2.28. The summed E-state index contributed by atoms with van der Waals surface area (Å²) in [6.07, 6.45) is 16.8. The molecular formula is C25H38N2O. The van der Waals surface area contributed by atoms with Gasteiger partial charge in [0, 0.05) is 18.2 Å². The van der Waals surface area contributed by atoms with Gasteiger partial charge in [-0.1, -0.05) is 83.8 Å². The van der Waals surface area contributed by atoms with Crippen LogP contribution in [0.5, 0.6) is 5.75 Å². The molecule has 0 aliphatic carbocycles. The fraction of sp³-hybridized carbons (Fsp3) is 0.600. The number of nitrogens with zero attached hydrogens (tertiary/aromatic N) is 2. The van der Waals surface area contributed by atoms with Crippen molar-refractivity contribution in [2.24, 2.45) is 0 Å². The smallest absolute Gasteiger partial charge is 0.128 e. The molecule has 3 nitrogen and oxygen atoms in total. The Morgan fingerprint density at radius 2 is 1.43 bits per heavy atom. The molecule has 1 heterocycles. The zero-order chi connectivity index (χ0) is 19.9. The summed E-state index contributed by atoms with van der Waals surface area (Å²) in [7, 11) is 0. The van der Waals surface area contributed by atoms with Crippen LogP contribution >= 0.6 is 0 Å². The molecule has 0 fully saturated rings. The molecule has 0 unspecified atom stereocenters. The van der Waals surface area contributed by atoms with Crippen molar-refractivity contribution < 1.29 is 4.74 Å². The van der Waals surface area contributed by atoms with Gasteiger partial charge in [-0.3, -0.25) is 0 Å². The third-order valence-corrected chi connectivity index (χ3v) is 5.13. The summed E-state index contributed by atoms with van der Waals surface area (Å²) in [5.74, 6) is 1.88. The van der Waals surface area contributed by atoms with E-state index in [1.54, 1.807) is 0 Å². The molecule has 0 saturated carbocycles. The first-order chi connectivity index (χ1) is 13.8. The van der Waals surface area contributed by atoms with Crippen LogP contribution in [0, 0.1) is 0 Å². The van der Waals surface area contributed by atoms with Crippen LogP contribution in [-0.4, -0.2) is 16.6 Å². The molecule has 0 radical (unpaired) electrons. The van der Waals surface area contributed by atoms with Crippen LogP contribution in [0.2, 0.25) is 0 Å². The van der Waals surface area contributed by atoms with E-state index in [0.29, 0.717) is 0 Å². The number of rotatable bonds is 15. The maximum absolute atomic E-state index is 6.09. The number of hydrogen-bond donors (Lipinski definition) is 0. The third kappa shape index (κ3) is 8.41. The van der Waals surface area contributed by atoms with Crippen molar-refractivity contribution in [1.82, 2.24) is 9.97 Å². The Balaban J connectivity index is 1.88. The fourth-order valence-electron chi connectivity index (χ4n) is 3.42. The Morgan fingerprint density at radius 1 is 0.750 bits per heavy atom. The van der Waals surface area contributed by atoms with Crippen LogP contribution in [0.25, 0.3) is 11.3 Å². The minimum atomic E-state index is 0.774. The Bertz CT molecular complexity index is 657. The van der Waals surface area contributed by atoms with Crippen molar-refractivity contribution in [3.05, 3.63) is 42.4 Å². The molecule has 0 aliphatic heterocycles. The molecule has 0 N–H and O–H groups in total. The van der Waals surface area contributed by atoms with E-state index in [2.05, 4.69) is 37.0 Å². The standard InChI is InChI=1S/C25H38N2O/c1-3-5-7-9-10-12-18-25-26-20-19-23(27-25)22-16-13-14-17-24(22)28-21-15-11-8-6-4-2/h13-14,16-17,19-20H,3-12,15,18,21H2,1-2H3. The van der Waals surface area contributed by atoms with Gasteiger partial charge in [0.2, 0.25) is 0 Å². The highest BCUT2D eigenvalue weighted by Gasteiger charge is 2.08. The zero-order valence-electron chi connectivity index (χ0n) is 18.0. The average molecular weight is 383 g/mol. The van der Waals surface area contributed by atoms with Gasteiger partial charge in [-0.15, -0.1) is 0 Å². The van der Waals surface area contributed by atoms with Gasteiger partial charge in [0.1, 0.15) is 11.6 Å². The quantitative estimate of drug-likeness (QED) is 0.301. The van der Waals surface area contributed by atoms with Crippen LogP contribution < -0.4 is 4.74 Å². The van der Waals surface area contributed by atoms with Crippen LogP contribution in [0.1, 0.15) is 90.3 Å². The Labute approximate surface area is 172 Å². The summed E-state index contributed by atoms with van der Waals surface area (Å²) < 4.78 is 6.09.